The van der Waals surface area contributed by atoms with Crippen molar-refractivity contribution in [1.82, 2.24) is 15.5 Å². The van der Waals surface area contributed by atoms with Crippen molar-refractivity contribution in [3.8, 4) is 0 Å². The quantitative estimate of drug-likeness (QED) is 0.245. The summed E-state index contributed by atoms with van der Waals surface area (Å²) in [5, 5.41) is 5.85. The van der Waals surface area contributed by atoms with Crippen LogP contribution in [0, 0.1) is 0 Å². The molecule has 0 heterocycles. The van der Waals surface area contributed by atoms with Crippen LogP contribution in [0.4, 0.5) is 4.79 Å². The Labute approximate surface area is 244 Å². The van der Waals surface area contributed by atoms with E-state index in [1.54, 1.807) is 25.7 Å². The van der Waals surface area contributed by atoms with Crippen molar-refractivity contribution in [1.29, 1.82) is 0 Å². The van der Waals surface area contributed by atoms with Crippen molar-refractivity contribution in [3.05, 3.63) is 108 Å². The maximum Gasteiger partial charge on any atom is 0.408 e. The van der Waals surface area contributed by atoms with Crippen LogP contribution in [-0.2, 0) is 27.3 Å². The Balaban J connectivity index is 1.97. The van der Waals surface area contributed by atoms with Crippen LogP contribution in [-0.4, -0.2) is 41.0 Å². The number of nitrogens with zero attached hydrogens (tertiary/aromatic N) is 1. The number of carbonyl (C=O) groups excluding carboxylic acids is 3. The zero-order chi connectivity index (χ0) is 29.7. The summed E-state index contributed by atoms with van der Waals surface area (Å²) >= 11 is 0. The van der Waals surface area contributed by atoms with Crippen LogP contribution in [0.25, 0.3) is 0 Å². The number of carbonyl (C=O) groups is 3. The first-order chi connectivity index (χ1) is 19.7. The van der Waals surface area contributed by atoms with E-state index in [1.807, 2.05) is 91.0 Å². The molecule has 0 aliphatic rings. The summed E-state index contributed by atoms with van der Waals surface area (Å²) in [7, 11) is 0. The summed E-state index contributed by atoms with van der Waals surface area (Å²) in [5.41, 5.74) is 1.83. The second kappa shape index (κ2) is 15.6. The Morgan fingerprint density at radius 2 is 1.37 bits per heavy atom. The highest BCUT2D eigenvalue weighted by Crippen LogP contribution is 2.24. The summed E-state index contributed by atoms with van der Waals surface area (Å²) in [4.78, 5) is 42.8. The standard InChI is InChI=1S/C34H43N3O4/c1-5-6-16-23-37(30(28-21-14-9-15-22-28)31(38)35-25-27-19-12-8-13-20-27)32(39)29(24-26-17-10-7-11-18-26)36-33(40)41-34(2,3)4/h7-15,17-22,29-30H,5-6,16,23-25H2,1-4H3,(H,35,38)(H,36,40). The summed E-state index contributed by atoms with van der Waals surface area (Å²) in [6.45, 7) is 8.13. The minimum atomic E-state index is -0.929. The van der Waals surface area contributed by atoms with Gasteiger partial charge >= 0.3 is 6.09 Å². The van der Waals surface area contributed by atoms with E-state index in [0.717, 1.165) is 30.4 Å². The maximum atomic E-state index is 14.4. The Bertz CT molecular complexity index is 1230. The Hall–Kier alpha value is -4.13. The monoisotopic (exact) mass is 557 g/mol. The first kappa shape index (κ1) is 31.4. The van der Waals surface area contributed by atoms with Crippen LogP contribution in [0.5, 0.6) is 0 Å². The van der Waals surface area contributed by atoms with E-state index in [1.165, 1.54) is 0 Å². The molecule has 0 fully saturated rings. The highest BCUT2D eigenvalue weighted by molar-refractivity contribution is 5.92. The van der Waals surface area contributed by atoms with E-state index in [2.05, 4.69) is 17.6 Å². The van der Waals surface area contributed by atoms with Crippen molar-refractivity contribution in [2.45, 2.75) is 77.6 Å². The highest BCUT2D eigenvalue weighted by atomic mass is 16.6. The molecule has 7 nitrogen and oxygen atoms in total. The van der Waals surface area contributed by atoms with E-state index < -0.39 is 23.8 Å². The molecule has 0 radical (unpaired) electrons. The lowest BCUT2D eigenvalue weighted by Crippen LogP contribution is -2.54. The molecule has 3 aromatic rings. The lowest BCUT2D eigenvalue weighted by Gasteiger charge is -2.34. The first-order valence-corrected chi connectivity index (χ1v) is 14.4. The highest BCUT2D eigenvalue weighted by Gasteiger charge is 2.36. The third kappa shape index (κ3) is 10.4. The van der Waals surface area contributed by atoms with Crippen molar-refractivity contribution >= 4 is 17.9 Å². The number of ether oxygens (including phenoxy) is 1. The van der Waals surface area contributed by atoms with Crippen molar-refractivity contribution in [2.24, 2.45) is 0 Å². The second-order valence-corrected chi connectivity index (χ2v) is 11.1. The summed E-state index contributed by atoms with van der Waals surface area (Å²) in [6.07, 6.45) is 2.17. The van der Waals surface area contributed by atoms with Crippen molar-refractivity contribution in [3.63, 3.8) is 0 Å². The van der Waals surface area contributed by atoms with Gasteiger partial charge in [-0.25, -0.2) is 4.79 Å². The molecule has 3 rings (SSSR count). The fourth-order valence-corrected chi connectivity index (χ4v) is 4.59. The van der Waals surface area contributed by atoms with Gasteiger partial charge in [0.1, 0.15) is 17.7 Å². The predicted octanol–water partition coefficient (Wildman–Crippen LogP) is 6.20. The molecule has 0 bridgehead atoms. The van der Waals surface area contributed by atoms with Crippen LogP contribution in [0.3, 0.4) is 0 Å². The van der Waals surface area contributed by atoms with Gasteiger partial charge in [-0.2, -0.15) is 0 Å². The fourth-order valence-electron chi connectivity index (χ4n) is 4.59. The maximum absolute atomic E-state index is 14.4. The van der Waals surface area contributed by atoms with Gasteiger partial charge in [0, 0.05) is 19.5 Å². The molecule has 3 amide bonds. The van der Waals surface area contributed by atoms with E-state index in [4.69, 9.17) is 4.74 Å². The Morgan fingerprint density at radius 1 is 0.805 bits per heavy atom. The molecule has 2 unspecified atom stereocenters. The van der Waals surface area contributed by atoms with Gasteiger partial charge in [-0.15, -0.1) is 0 Å². The number of rotatable bonds is 13. The molecule has 0 aliphatic heterocycles. The largest absolute Gasteiger partial charge is 0.444 e. The summed E-state index contributed by atoms with van der Waals surface area (Å²) < 4.78 is 5.51. The molecule has 0 aliphatic carbocycles. The lowest BCUT2D eigenvalue weighted by atomic mass is 9.99. The van der Waals surface area contributed by atoms with Gasteiger partial charge in [-0.05, 0) is 43.9 Å². The molecule has 0 saturated carbocycles. The number of nitrogens with one attached hydrogen (secondary N) is 2. The normalized spacial score (nSPS) is 12.6. The number of benzene rings is 3. The molecule has 2 atom stereocenters. The van der Waals surface area contributed by atoms with E-state index in [-0.39, 0.29) is 18.2 Å². The van der Waals surface area contributed by atoms with Gasteiger partial charge in [0.05, 0.1) is 0 Å². The topological polar surface area (TPSA) is 87.7 Å². The molecule has 218 valence electrons. The van der Waals surface area contributed by atoms with Gasteiger partial charge in [0.15, 0.2) is 0 Å². The zero-order valence-electron chi connectivity index (χ0n) is 24.6. The SMILES string of the molecule is CCCCCN(C(=O)C(Cc1ccccc1)NC(=O)OC(C)(C)C)C(C(=O)NCc1ccccc1)c1ccccc1. The van der Waals surface area contributed by atoms with Crippen molar-refractivity contribution in [2.75, 3.05) is 6.54 Å². The van der Waals surface area contributed by atoms with Gasteiger partial charge < -0.3 is 20.3 Å². The molecular weight excluding hydrogens is 514 g/mol. The molecule has 2 N–H and O–H groups in total. The Morgan fingerprint density at radius 3 is 1.93 bits per heavy atom. The van der Waals surface area contributed by atoms with Crippen molar-refractivity contribution < 1.29 is 19.1 Å². The number of alkyl carbamates (subject to hydrolysis) is 1. The van der Waals surface area contributed by atoms with E-state index >= 15 is 0 Å². The van der Waals surface area contributed by atoms with Crippen LogP contribution in [0.2, 0.25) is 0 Å². The zero-order valence-corrected chi connectivity index (χ0v) is 24.6. The number of hydrogen-bond donors (Lipinski definition) is 2. The summed E-state index contributed by atoms with van der Waals surface area (Å²) in [6, 6.07) is 26.7. The van der Waals surface area contributed by atoms with Gasteiger partial charge in [-0.3, -0.25) is 9.59 Å². The lowest BCUT2D eigenvalue weighted by molar-refractivity contribution is -0.142. The number of hydrogen-bond acceptors (Lipinski definition) is 4. The van der Waals surface area contributed by atoms with Crippen LogP contribution < -0.4 is 10.6 Å². The average Bonchev–Trinajstić information content (AvgIpc) is 2.95. The molecule has 0 aromatic heterocycles. The molecular formula is C34H43N3O4. The molecule has 3 aromatic carbocycles. The van der Waals surface area contributed by atoms with Gasteiger partial charge in [0.2, 0.25) is 11.8 Å². The Kier molecular flexibility index (Phi) is 11.9. The van der Waals surface area contributed by atoms with Gasteiger partial charge in [0.25, 0.3) is 0 Å². The summed E-state index contributed by atoms with van der Waals surface area (Å²) in [5.74, 6) is -0.611. The first-order valence-electron chi connectivity index (χ1n) is 14.4. The van der Waals surface area contributed by atoms with Crippen LogP contribution >= 0.6 is 0 Å². The fraction of sp³-hybridized carbons (Fsp3) is 0.382. The van der Waals surface area contributed by atoms with Gasteiger partial charge in [-0.1, -0.05) is 111 Å². The predicted molar refractivity (Wildman–Crippen MR) is 162 cm³/mol. The molecule has 0 saturated heterocycles. The minimum absolute atomic E-state index is 0.260. The van der Waals surface area contributed by atoms with E-state index in [9.17, 15) is 14.4 Å². The minimum Gasteiger partial charge on any atom is -0.444 e. The molecule has 7 heteroatoms. The van der Waals surface area contributed by atoms with E-state index in [0.29, 0.717) is 18.7 Å². The number of unbranched alkanes of at least 4 members (excludes halogenated alkanes) is 2. The van der Waals surface area contributed by atoms with Crippen LogP contribution in [0.15, 0.2) is 91.0 Å². The molecule has 41 heavy (non-hydrogen) atoms. The average molecular weight is 558 g/mol. The number of amides is 3. The van der Waals surface area contributed by atoms with Crippen LogP contribution in [0.1, 0.15) is 69.7 Å². The third-order valence-corrected chi connectivity index (χ3v) is 6.54. The third-order valence-electron chi connectivity index (χ3n) is 6.54. The second-order valence-electron chi connectivity index (χ2n) is 11.1. The molecule has 0 spiro atoms. The smallest absolute Gasteiger partial charge is 0.408 e.